The number of nitrogens with one attached hydrogen (secondary N) is 2. The average molecular weight is 371 g/mol. The first kappa shape index (κ1) is 21.2. The van der Waals surface area contributed by atoms with E-state index in [2.05, 4.69) is 15.6 Å². The highest BCUT2D eigenvalue weighted by atomic mass is 32.2. The maximum atomic E-state index is 12.2. The van der Waals surface area contributed by atoms with E-state index in [-0.39, 0.29) is 5.75 Å². The van der Waals surface area contributed by atoms with E-state index in [0.29, 0.717) is 38.7 Å². The largest absolute Gasteiger partial charge is 0.497 e. The van der Waals surface area contributed by atoms with E-state index in [1.807, 2.05) is 45.0 Å². The van der Waals surface area contributed by atoms with Crippen molar-refractivity contribution in [3.8, 4) is 5.75 Å². The first-order valence-corrected chi connectivity index (χ1v) is 10.2. The van der Waals surface area contributed by atoms with E-state index in [1.54, 1.807) is 7.11 Å². The van der Waals surface area contributed by atoms with Gasteiger partial charge in [-0.15, -0.1) is 0 Å². The maximum Gasteiger partial charge on any atom is 0.215 e. The number of hydrogen-bond acceptors (Lipinski definition) is 4. The van der Waals surface area contributed by atoms with Crippen molar-refractivity contribution in [3.63, 3.8) is 0 Å². The standard InChI is InChI=1S/C17H30N4O3S/c1-5-18-17(19-12-13-25(22,23)21(6-2)7-3)20-14-15-8-10-16(24-4)11-9-15/h8-11H,5-7,12-14H2,1-4H3,(H2,18,19,20). The summed E-state index contributed by atoms with van der Waals surface area (Å²) in [4.78, 5) is 4.49. The Morgan fingerprint density at radius 3 is 2.28 bits per heavy atom. The Hall–Kier alpha value is -1.80. The fourth-order valence-corrected chi connectivity index (χ4v) is 3.69. The minimum Gasteiger partial charge on any atom is -0.497 e. The van der Waals surface area contributed by atoms with Crippen molar-refractivity contribution in [3.05, 3.63) is 29.8 Å². The van der Waals surface area contributed by atoms with Crippen molar-refractivity contribution < 1.29 is 13.2 Å². The van der Waals surface area contributed by atoms with E-state index in [4.69, 9.17) is 4.74 Å². The molecule has 25 heavy (non-hydrogen) atoms. The van der Waals surface area contributed by atoms with E-state index in [0.717, 1.165) is 11.3 Å². The Labute approximate surface area is 151 Å². The molecule has 0 bridgehead atoms. The molecule has 0 heterocycles. The third-order valence-electron chi connectivity index (χ3n) is 3.67. The number of guanidine groups is 1. The minimum atomic E-state index is -3.23. The molecule has 0 saturated carbocycles. The number of aliphatic imine (C=N–C) groups is 1. The molecular formula is C17H30N4O3S. The van der Waals surface area contributed by atoms with Gasteiger partial charge in [0.15, 0.2) is 5.96 Å². The van der Waals surface area contributed by atoms with Crippen LogP contribution < -0.4 is 15.4 Å². The molecule has 2 N–H and O–H groups in total. The van der Waals surface area contributed by atoms with Crippen LogP contribution in [0.5, 0.6) is 5.75 Å². The molecule has 1 aromatic carbocycles. The van der Waals surface area contributed by atoms with E-state index in [9.17, 15) is 8.42 Å². The molecule has 0 radical (unpaired) electrons. The molecule has 8 heteroatoms. The molecule has 0 amide bonds. The predicted molar refractivity (Wildman–Crippen MR) is 103 cm³/mol. The molecule has 0 spiro atoms. The molecule has 7 nitrogen and oxygen atoms in total. The zero-order valence-electron chi connectivity index (χ0n) is 15.6. The number of benzene rings is 1. The van der Waals surface area contributed by atoms with Crippen LogP contribution in [0.4, 0.5) is 0 Å². The van der Waals surface area contributed by atoms with Crippen molar-refractivity contribution in [1.29, 1.82) is 0 Å². The van der Waals surface area contributed by atoms with Gasteiger partial charge in [-0.25, -0.2) is 17.7 Å². The molecule has 0 aliphatic heterocycles. The van der Waals surface area contributed by atoms with Crippen LogP contribution in [-0.2, 0) is 16.6 Å². The molecule has 1 rings (SSSR count). The van der Waals surface area contributed by atoms with Crippen LogP contribution in [0.15, 0.2) is 29.3 Å². The highest BCUT2D eigenvalue weighted by Crippen LogP contribution is 2.11. The number of ether oxygens (including phenoxy) is 1. The highest BCUT2D eigenvalue weighted by Gasteiger charge is 2.18. The van der Waals surface area contributed by atoms with Crippen molar-refractivity contribution in [2.75, 3.05) is 39.0 Å². The fraction of sp³-hybridized carbons (Fsp3) is 0.588. The van der Waals surface area contributed by atoms with Gasteiger partial charge in [0, 0.05) is 26.2 Å². The van der Waals surface area contributed by atoms with Gasteiger partial charge >= 0.3 is 0 Å². The normalized spacial score (nSPS) is 12.3. The number of nitrogens with zero attached hydrogens (tertiary/aromatic N) is 2. The van der Waals surface area contributed by atoms with Crippen LogP contribution in [0.25, 0.3) is 0 Å². The zero-order valence-corrected chi connectivity index (χ0v) is 16.4. The van der Waals surface area contributed by atoms with Gasteiger partial charge in [-0.1, -0.05) is 26.0 Å². The van der Waals surface area contributed by atoms with Gasteiger partial charge in [0.25, 0.3) is 0 Å². The Morgan fingerprint density at radius 1 is 1.12 bits per heavy atom. The van der Waals surface area contributed by atoms with Gasteiger partial charge in [-0.2, -0.15) is 0 Å². The predicted octanol–water partition coefficient (Wildman–Crippen LogP) is 1.42. The highest BCUT2D eigenvalue weighted by molar-refractivity contribution is 7.89. The summed E-state index contributed by atoms with van der Waals surface area (Å²) in [6.07, 6.45) is 0. The monoisotopic (exact) mass is 370 g/mol. The second-order valence-corrected chi connectivity index (χ2v) is 7.46. The molecule has 1 aromatic rings. The SMILES string of the molecule is CCNC(=NCc1ccc(OC)cc1)NCCS(=O)(=O)N(CC)CC. The average Bonchev–Trinajstić information content (AvgIpc) is 2.60. The number of sulfonamides is 1. The van der Waals surface area contributed by atoms with Gasteiger partial charge in [0.05, 0.1) is 19.4 Å². The summed E-state index contributed by atoms with van der Waals surface area (Å²) < 4.78 is 31.0. The van der Waals surface area contributed by atoms with Crippen LogP contribution in [-0.4, -0.2) is 57.7 Å². The van der Waals surface area contributed by atoms with Crippen LogP contribution in [0, 0.1) is 0 Å². The molecular weight excluding hydrogens is 340 g/mol. The summed E-state index contributed by atoms with van der Waals surface area (Å²) in [5, 5.41) is 6.21. The summed E-state index contributed by atoms with van der Waals surface area (Å²) in [5.74, 6) is 1.45. The van der Waals surface area contributed by atoms with E-state index >= 15 is 0 Å². The molecule has 0 aliphatic rings. The van der Waals surface area contributed by atoms with Crippen molar-refractivity contribution in [2.45, 2.75) is 27.3 Å². The third-order valence-corrected chi connectivity index (χ3v) is 5.70. The lowest BCUT2D eigenvalue weighted by atomic mass is 10.2. The van der Waals surface area contributed by atoms with Gasteiger partial charge in [-0.05, 0) is 24.6 Å². The molecule has 0 unspecified atom stereocenters. The molecule has 0 saturated heterocycles. The summed E-state index contributed by atoms with van der Waals surface area (Å²) in [5.41, 5.74) is 1.05. The zero-order chi connectivity index (χ0) is 18.7. The second-order valence-electron chi connectivity index (χ2n) is 5.37. The quantitative estimate of drug-likeness (QED) is 0.481. The molecule has 142 valence electrons. The third kappa shape index (κ3) is 7.31. The Morgan fingerprint density at radius 2 is 1.76 bits per heavy atom. The Bertz CT molecular complexity index is 626. The van der Waals surface area contributed by atoms with E-state index in [1.165, 1.54) is 4.31 Å². The first-order chi connectivity index (χ1) is 12.0. The number of methoxy groups -OCH3 is 1. The molecule has 0 fully saturated rings. The Balaban J connectivity index is 2.60. The van der Waals surface area contributed by atoms with E-state index < -0.39 is 10.0 Å². The van der Waals surface area contributed by atoms with Crippen molar-refractivity contribution >= 4 is 16.0 Å². The number of rotatable bonds is 10. The lowest BCUT2D eigenvalue weighted by Gasteiger charge is -2.19. The van der Waals surface area contributed by atoms with Crippen LogP contribution >= 0.6 is 0 Å². The van der Waals surface area contributed by atoms with Crippen LogP contribution in [0.1, 0.15) is 26.3 Å². The van der Waals surface area contributed by atoms with Gasteiger partial charge in [-0.3, -0.25) is 0 Å². The first-order valence-electron chi connectivity index (χ1n) is 8.59. The minimum absolute atomic E-state index is 0.0433. The molecule has 0 aliphatic carbocycles. The number of hydrogen-bond donors (Lipinski definition) is 2. The van der Waals surface area contributed by atoms with Crippen LogP contribution in [0.2, 0.25) is 0 Å². The summed E-state index contributed by atoms with van der Waals surface area (Å²) >= 11 is 0. The second kappa shape index (κ2) is 10.9. The maximum absolute atomic E-state index is 12.2. The van der Waals surface area contributed by atoms with Gasteiger partial charge in [0.2, 0.25) is 10.0 Å². The lowest BCUT2D eigenvalue weighted by molar-refractivity contribution is 0.414. The van der Waals surface area contributed by atoms with Gasteiger partial charge < -0.3 is 15.4 Å². The van der Waals surface area contributed by atoms with Crippen LogP contribution in [0.3, 0.4) is 0 Å². The van der Waals surface area contributed by atoms with Crippen molar-refractivity contribution in [1.82, 2.24) is 14.9 Å². The van der Waals surface area contributed by atoms with Crippen molar-refractivity contribution in [2.24, 2.45) is 4.99 Å². The summed E-state index contributed by atoms with van der Waals surface area (Å²) in [6.45, 7) is 8.16. The van der Waals surface area contributed by atoms with Gasteiger partial charge in [0.1, 0.15) is 5.75 Å². The summed E-state index contributed by atoms with van der Waals surface area (Å²) in [6, 6.07) is 7.69. The topological polar surface area (TPSA) is 83.0 Å². The Kier molecular flexibility index (Phi) is 9.30. The fourth-order valence-electron chi connectivity index (χ4n) is 2.29. The summed E-state index contributed by atoms with van der Waals surface area (Å²) in [7, 11) is -1.60. The molecule has 0 aromatic heterocycles. The molecule has 0 atom stereocenters. The smallest absolute Gasteiger partial charge is 0.215 e. The lowest BCUT2D eigenvalue weighted by Crippen LogP contribution is -2.42.